The van der Waals surface area contributed by atoms with E-state index in [0.717, 1.165) is 0 Å². The van der Waals surface area contributed by atoms with Crippen LogP contribution in [-0.4, -0.2) is 22.7 Å². The first-order chi connectivity index (χ1) is 12.2. The first kappa shape index (κ1) is 5.77. The smallest absolute Gasteiger partial charge is 0.255 e. The highest BCUT2D eigenvalue weighted by molar-refractivity contribution is 6.02. The van der Waals surface area contributed by atoms with E-state index in [9.17, 15) is 9.59 Å². The molecule has 3 rings (SSSR count). The van der Waals surface area contributed by atoms with Crippen LogP contribution in [0.3, 0.4) is 0 Å². The Labute approximate surface area is 122 Å². The summed E-state index contributed by atoms with van der Waals surface area (Å²) in [6.45, 7) is 0.489. The van der Waals surface area contributed by atoms with Gasteiger partial charge >= 0.3 is 0 Å². The highest BCUT2D eigenvalue weighted by Gasteiger charge is 2.38. The van der Waals surface area contributed by atoms with Crippen LogP contribution in [0.4, 0.5) is 5.69 Å². The van der Waals surface area contributed by atoms with Crippen molar-refractivity contribution in [1.29, 1.82) is 0 Å². The van der Waals surface area contributed by atoms with E-state index in [1.165, 1.54) is 0 Å². The van der Waals surface area contributed by atoms with E-state index < -0.39 is 72.1 Å². The molecule has 0 aliphatic carbocycles. The van der Waals surface area contributed by atoms with Crippen molar-refractivity contribution in [2.75, 3.05) is 5.73 Å². The first-order valence-electron chi connectivity index (χ1n) is 9.43. The average molecular weight is 265 g/mol. The third-order valence-electron chi connectivity index (χ3n) is 2.74. The van der Waals surface area contributed by atoms with Crippen LogP contribution in [0.15, 0.2) is 30.4 Å². The number of anilines is 1. The van der Waals surface area contributed by atoms with Gasteiger partial charge < -0.3 is 16.0 Å². The molecule has 0 spiro atoms. The van der Waals surface area contributed by atoms with Crippen LogP contribution in [0.5, 0.6) is 0 Å². The predicted octanol–water partition coefficient (Wildman–Crippen LogP) is 1.02. The molecule has 1 saturated heterocycles. The maximum Gasteiger partial charge on any atom is 0.255 e. The monoisotopic (exact) mass is 265 g/mol. The van der Waals surface area contributed by atoms with Crippen LogP contribution in [-0.2, 0) is 11.3 Å². The zero-order chi connectivity index (χ0) is 20.7. The lowest BCUT2D eigenvalue weighted by molar-refractivity contribution is -0.126. The Bertz CT molecular complexity index is 932. The number of nitrogens with zero attached hydrogens (tertiary/aromatic N) is 1. The first-order valence-corrected chi connectivity index (χ1v) is 5.43. The zero-order valence-corrected chi connectivity index (χ0v) is 9.76. The fraction of sp³-hybridized carbons (Fsp3) is 0.286. The SMILES string of the molecule is [2H]c1c([2H])c(N)c2c(c1[2H])C(=O)N(C1([2H])C(=O)NC(=C)CC1([2H])[2H])C2([2H])[2H]. The molecule has 1 unspecified atom stereocenters. The highest BCUT2D eigenvalue weighted by Crippen LogP contribution is 2.31. The Balaban J connectivity index is 2.32. The lowest BCUT2D eigenvalue weighted by Gasteiger charge is -2.30. The number of carbonyl (C=O) groups is 2. The molecule has 0 bridgehead atoms. The van der Waals surface area contributed by atoms with E-state index in [-0.39, 0.29) is 10.6 Å². The summed E-state index contributed by atoms with van der Waals surface area (Å²) in [7, 11) is 0. The van der Waals surface area contributed by atoms with Crippen molar-refractivity contribution in [2.45, 2.75) is 25.3 Å². The van der Waals surface area contributed by atoms with Gasteiger partial charge in [0.05, 0.1) is 8.22 Å². The van der Waals surface area contributed by atoms with Crippen molar-refractivity contribution >= 4 is 17.5 Å². The number of rotatable bonds is 1. The number of nitrogens with one attached hydrogen (secondary N) is 1. The minimum absolute atomic E-state index is 0.0276. The van der Waals surface area contributed by atoms with Gasteiger partial charge in [0.2, 0.25) is 5.91 Å². The van der Waals surface area contributed by atoms with E-state index in [1.807, 2.05) is 0 Å². The standard InChI is InChI=1S/C14H15N3O2/c1-8-5-6-12(13(18)16-8)17-7-10-9(14(17)19)3-2-4-11(10)15/h2-4,12H,1,5-7,15H2,(H,16,18)/i2D,3D,4D,6D2,7D2,12D. The molecule has 1 aromatic carbocycles. The molecule has 2 aliphatic heterocycles. The number of allylic oxidation sites excluding steroid dienone is 1. The fourth-order valence-electron chi connectivity index (χ4n) is 1.84. The van der Waals surface area contributed by atoms with Gasteiger partial charge in [-0.1, -0.05) is 12.6 Å². The Kier molecular flexibility index (Phi) is 1.25. The summed E-state index contributed by atoms with van der Waals surface area (Å²) in [5.74, 6) is -2.61. The number of amides is 2. The largest absolute Gasteiger partial charge is 0.398 e. The molecule has 2 heterocycles. The van der Waals surface area contributed by atoms with Crippen molar-refractivity contribution in [3.8, 4) is 0 Å². The van der Waals surface area contributed by atoms with E-state index >= 15 is 0 Å². The molecule has 1 aromatic rings. The average Bonchev–Trinajstić information content (AvgIpc) is 2.74. The lowest BCUT2D eigenvalue weighted by atomic mass is 10.0. The number of hydrogen-bond donors (Lipinski definition) is 2. The number of piperidine rings is 1. The third-order valence-corrected chi connectivity index (χ3v) is 2.74. The van der Waals surface area contributed by atoms with Gasteiger partial charge in [-0.25, -0.2) is 0 Å². The molecule has 0 radical (unpaired) electrons. The summed E-state index contributed by atoms with van der Waals surface area (Å²) in [6, 6.07) is -5.18. The van der Waals surface area contributed by atoms with Gasteiger partial charge in [-0.05, 0) is 24.9 Å². The van der Waals surface area contributed by atoms with Crippen LogP contribution in [0.2, 0.25) is 0 Å². The van der Waals surface area contributed by atoms with Gasteiger partial charge in [0.25, 0.3) is 5.91 Å². The minimum atomic E-state index is -3.03. The van der Waals surface area contributed by atoms with Crippen molar-refractivity contribution in [2.24, 2.45) is 0 Å². The summed E-state index contributed by atoms with van der Waals surface area (Å²) < 4.78 is 64.7. The molecule has 5 heteroatoms. The summed E-state index contributed by atoms with van der Waals surface area (Å²) in [6.07, 6.45) is -3.24. The van der Waals surface area contributed by atoms with Gasteiger partial charge in [0, 0.05) is 31.7 Å². The molecule has 1 fully saturated rings. The number of hydrogen-bond acceptors (Lipinski definition) is 3. The molecule has 2 amide bonds. The minimum Gasteiger partial charge on any atom is -0.398 e. The molecular formula is C14H15N3O2. The third kappa shape index (κ3) is 1.78. The normalized spacial score (nSPS) is 37.7. The second kappa shape index (κ2) is 4.12. The number of nitrogens with two attached hydrogens (primary N) is 1. The maximum atomic E-state index is 12.9. The molecule has 0 saturated carbocycles. The van der Waals surface area contributed by atoms with E-state index in [4.69, 9.17) is 16.7 Å². The van der Waals surface area contributed by atoms with Gasteiger partial charge in [-0.15, -0.1) is 0 Å². The molecule has 3 N–H and O–H groups in total. The maximum absolute atomic E-state index is 12.9. The number of carbonyl (C=O) groups excluding carboxylic acids is 2. The van der Waals surface area contributed by atoms with Crippen molar-refractivity contribution in [3.05, 3.63) is 41.5 Å². The van der Waals surface area contributed by atoms with Crippen LogP contribution in [0.25, 0.3) is 0 Å². The Hall–Kier alpha value is -2.30. The second-order valence-corrected chi connectivity index (χ2v) is 4.05. The van der Waals surface area contributed by atoms with Crippen LogP contribution in [0.1, 0.15) is 39.7 Å². The summed E-state index contributed by atoms with van der Waals surface area (Å²) >= 11 is 0. The van der Waals surface area contributed by atoms with E-state index in [0.29, 0.717) is 0 Å². The van der Waals surface area contributed by atoms with Crippen molar-refractivity contribution < 1.29 is 20.6 Å². The van der Waals surface area contributed by atoms with Gasteiger partial charge in [0.15, 0.2) is 0 Å². The fourth-order valence-corrected chi connectivity index (χ4v) is 1.84. The van der Waals surface area contributed by atoms with Crippen LogP contribution >= 0.6 is 0 Å². The number of benzene rings is 1. The van der Waals surface area contributed by atoms with Gasteiger partial charge in [-0.2, -0.15) is 0 Å². The van der Waals surface area contributed by atoms with Crippen molar-refractivity contribution in [3.63, 3.8) is 0 Å². The van der Waals surface area contributed by atoms with Crippen molar-refractivity contribution in [1.82, 2.24) is 10.2 Å². The molecule has 0 aromatic heterocycles. The van der Waals surface area contributed by atoms with Crippen LogP contribution < -0.4 is 11.1 Å². The number of nitrogen functional groups attached to an aromatic ring is 1. The summed E-state index contributed by atoms with van der Waals surface area (Å²) in [5.41, 5.74) is 3.85. The molecule has 1 atom stereocenters. The summed E-state index contributed by atoms with van der Waals surface area (Å²) in [4.78, 5) is 25.5. The predicted molar refractivity (Wildman–Crippen MR) is 71.0 cm³/mol. The van der Waals surface area contributed by atoms with E-state index in [1.54, 1.807) is 0 Å². The summed E-state index contributed by atoms with van der Waals surface area (Å²) in [5, 5.41) is 2.17. The van der Waals surface area contributed by atoms with Gasteiger partial charge in [0.1, 0.15) is 6.02 Å². The topological polar surface area (TPSA) is 75.4 Å². The number of fused-ring (bicyclic) bond motifs is 1. The van der Waals surface area contributed by atoms with E-state index in [2.05, 4.69) is 11.9 Å². The highest BCUT2D eigenvalue weighted by atomic mass is 16.2. The molecule has 2 aliphatic rings. The second-order valence-electron chi connectivity index (χ2n) is 4.05. The Morgan fingerprint density at radius 3 is 3.11 bits per heavy atom. The van der Waals surface area contributed by atoms with Crippen LogP contribution in [0, 0.1) is 0 Å². The van der Waals surface area contributed by atoms with Gasteiger partial charge in [-0.3, -0.25) is 9.59 Å². The molecule has 19 heavy (non-hydrogen) atoms. The Morgan fingerprint density at radius 2 is 2.37 bits per heavy atom. The molecular weight excluding hydrogens is 242 g/mol. The molecule has 5 nitrogen and oxygen atoms in total. The quantitative estimate of drug-likeness (QED) is 0.744. The molecule has 98 valence electrons. The lowest BCUT2D eigenvalue weighted by Crippen LogP contribution is -2.49. The Morgan fingerprint density at radius 1 is 1.58 bits per heavy atom. The zero-order valence-electron chi connectivity index (χ0n) is 17.8.